The van der Waals surface area contributed by atoms with Crippen LogP contribution < -0.4 is 5.32 Å². The van der Waals surface area contributed by atoms with E-state index in [1.165, 1.54) is 0 Å². The minimum atomic E-state index is -4.08. The first kappa shape index (κ1) is 16.8. The van der Waals surface area contributed by atoms with E-state index in [4.69, 9.17) is 0 Å². The van der Waals surface area contributed by atoms with E-state index < -0.39 is 12.1 Å². The van der Waals surface area contributed by atoms with E-state index in [-0.39, 0.29) is 24.8 Å². The van der Waals surface area contributed by atoms with Crippen molar-refractivity contribution in [2.24, 2.45) is 11.8 Å². The number of rotatable bonds is 4. The molecule has 1 aliphatic rings. The van der Waals surface area contributed by atoms with Crippen LogP contribution in [0.4, 0.5) is 13.2 Å². The molecule has 2 rings (SSSR count). The summed E-state index contributed by atoms with van der Waals surface area (Å²) in [5.41, 5.74) is 0.952. The molecule has 0 bridgehead atoms. The van der Waals surface area contributed by atoms with Gasteiger partial charge in [0, 0.05) is 6.54 Å². The van der Waals surface area contributed by atoms with Crippen LogP contribution in [0.25, 0.3) is 0 Å². The largest absolute Gasteiger partial charge is 0.391 e. The zero-order valence-electron chi connectivity index (χ0n) is 12.3. The van der Waals surface area contributed by atoms with E-state index in [2.05, 4.69) is 26.3 Å². The quantitative estimate of drug-likeness (QED) is 0.859. The van der Waals surface area contributed by atoms with E-state index in [0.29, 0.717) is 13.0 Å². The fourth-order valence-corrected chi connectivity index (χ4v) is 3.90. The molecular formula is C14H21BrF3N3. The van der Waals surface area contributed by atoms with Gasteiger partial charge >= 0.3 is 6.18 Å². The van der Waals surface area contributed by atoms with Gasteiger partial charge in [0.1, 0.15) is 0 Å². The van der Waals surface area contributed by atoms with Crippen LogP contribution in [-0.2, 0) is 6.54 Å². The molecule has 1 aromatic heterocycles. The molecular weight excluding hydrogens is 347 g/mol. The third kappa shape index (κ3) is 3.62. The zero-order chi connectivity index (χ0) is 15.6. The summed E-state index contributed by atoms with van der Waals surface area (Å²) >= 11 is 3.48. The summed E-state index contributed by atoms with van der Waals surface area (Å²) in [6, 6.07) is -0.105. The number of aromatic nitrogens is 2. The fraction of sp³-hybridized carbons (Fsp3) is 0.786. The van der Waals surface area contributed by atoms with Gasteiger partial charge in [-0.05, 0) is 55.1 Å². The average Bonchev–Trinajstić information content (AvgIpc) is 2.81. The number of hydrogen-bond donors (Lipinski definition) is 1. The molecule has 1 saturated carbocycles. The Hall–Kier alpha value is -0.560. The van der Waals surface area contributed by atoms with Crippen LogP contribution in [0, 0.1) is 11.8 Å². The van der Waals surface area contributed by atoms with Crippen LogP contribution in [-0.4, -0.2) is 23.0 Å². The number of nitrogens with zero attached hydrogens (tertiary/aromatic N) is 2. The van der Waals surface area contributed by atoms with Crippen LogP contribution >= 0.6 is 15.9 Å². The molecule has 0 spiro atoms. The van der Waals surface area contributed by atoms with Gasteiger partial charge < -0.3 is 5.32 Å². The SMILES string of the molecule is CCn1ncc(Br)c1C(NC)C1CCCC(C(F)(F)F)C1. The molecule has 1 aromatic rings. The highest BCUT2D eigenvalue weighted by Crippen LogP contribution is 2.44. The number of nitrogens with one attached hydrogen (secondary N) is 1. The Kier molecular flexibility index (Phi) is 5.35. The predicted molar refractivity (Wildman–Crippen MR) is 78.9 cm³/mol. The smallest absolute Gasteiger partial charge is 0.311 e. The Morgan fingerprint density at radius 1 is 1.48 bits per heavy atom. The van der Waals surface area contributed by atoms with Crippen LogP contribution in [0.15, 0.2) is 10.7 Å². The van der Waals surface area contributed by atoms with Gasteiger partial charge in [-0.15, -0.1) is 0 Å². The predicted octanol–water partition coefficient (Wildman–Crippen LogP) is 4.29. The lowest BCUT2D eigenvalue weighted by atomic mass is 9.76. The highest BCUT2D eigenvalue weighted by Gasteiger charge is 2.44. The highest BCUT2D eigenvalue weighted by atomic mass is 79.9. The summed E-state index contributed by atoms with van der Waals surface area (Å²) in [6.45, 7) is 2.68. The summed E-state index contributed by atoms with van der Waals surface area (Å²) in [5.74, 6) is -1.20. The lowest BCUT2D eigenvalue weighted by Gasteiger charge is -2.35. The maximum absolute atomic E-state index is 13.0. The van der Waals surface area contributed by atoms with Crippen LogP contribution in [0.2, 0.25) is 0 Å². The number of alkyl halides is 3. The molecule has 1 aliphatic carbocycles. The van der Waals surface area contributed by atoms with Crippen molar-refractivity contribution in [3.8, 4) is 0 Å². The monoisotopic (exact) mass is 367 g/mol. The first-order chi connectivity index (χ1) is 9.88. The van der Waals surface area contributed by atoms with Crippen LogP contribution in [0.3, 0.4) is 0 Å². The van der Waals surface area contributed by atoms with Gasteiger partial charge in [-0.2, -0.15) is 18.3 Å². The molecule has 0 aromatic carbocycles. The molecule has 3 atom stereocenters. The first-order valence-electron chi connectivity index (χ1n) is 7.33. The molecule has 1 heterocycles. The van der Waals surface area contributed by atoms with Crippen LogP contribution in [0.5, 0.6) is 0 Å². The molecule has 21 heavy (non-hydrogen) atoms. The van der Waals surface area contributed by atoms with Gasteiger partial charge in [-0.3, -0.25) is 4.68 Å². The van der Waals surface area contributed by atoms with Crippen molar-refractivity contribution in [2.45, 2.75) is 51.4 Å². The summed E-state index contributed by atoms with van der Waals surface area (Å²) in [4.78, 5) is 0. The Morgan fingerprint density at radius 3 is 2.76 bits per heavy atom. The zero-order valence-corrected chi connectivity index (χ0v) is 13.8. The fourth-order valence-electron chi connectivity index (χ4n) is 3.36. The van der Waals surface area contributed by atoms with E-state index in [0.717, 1.165) is 16.6 Å². The summed E-state index contributed by atoms with van der Waals surface area (Å²) < 4.78 is 41.7. The van der Waals surface area contributed by atoms with Gasteiger partial charge in [-0.1, -0.05) is 6.42 Å². The number of aryl methyl sites for hydroxylation is 1. The minimum Gasteiger partial charge on any atom is -0.311 e. The first-order valence-corrected chi connectivity index (χ1v) is 8.13. The normalized spacial score (nSPS) is 25.0. The second kappa shape index (κ2) is 6.69. The van der Waals surface area contributed by atoms with E-state index >= 15 is 0 Å². The Labute approximate surface area is 131 Å². The van der Waals surface area contributed by atoms with Crippen molar-refractivity contribution in [3.05, 3.63) is 16.4 Å². The second-order valence-corrected chi connectivity index (χ2v) is 6.48. The van der Waals surface area contributed by atoms with E-state index in [9.17, 15) is 13.2 Å². The molecule has 0 radical (unpaired) electrons. The van der Waals surface area contributed by atoms with Gasteiger partial charge in [0.05, 0.1) is 28.3 Å². The summed E-state index contributed by atoms with van der Waals surface area (Å²) in [5, 5.41) is 7.48. The van der Waals surface area contributed by atoms with Crippen molar-refractivity contribution >= 4 is 15.9 Å². The summed E-state index contributed by atoms with van der Waals surface area (Å²) in [6.07, 6.45) is -0.474. The molecule has 1 N–H and O–H groups in total. The van der Waals surface area contributed by atoms with Gasteiger partial charge in [0.25, 0.3) is 0 Å². The molecule has 0 amide bonds. The topological polar surface area (TPSA) is 29.9 Å². The molecule has 3 unspecified atom stereocenters. The van der Waals surface area contributed by atoms with Crippen molar-refractivity contribution in [1.29, 1.82) is 0 Å². The molecule has 1 fully saturated rings. The Morgan fingerprint density at radius 2 is 2.19 bits per heavy atom. The average molecular weight is 368 g/mol. The molecule has 0 saturated heterocycles. The second-order valence-electron chi connectivity index (χ2n) is 5.63. The standard InChI is InChI=1S/C14H21BrF3N3/c1-3-21-13(11(15)8-20-21)12(19-2)9-5-4-6-10(7-9)14(16,17)18/h8-10,12,19H,3-7H2,1-2H3. The molecule has 7 heteroatoms. The maximum atomic E-state index is 13.0. The van der Waals surface area contributed by atoms with Crippen molar-refractivity contribution in [3.63, 3.8) is 0 Å². The third-order valence-electron chi connectivity index (χ3n) is 4.39. The van der Waals surface area contributed by atoms with Gasteiger partial charge in [0.15, 0.2) is 0 Å². The molecule has 3 nitrogen and oxygen atoms in total. The van der Waals surface area contributed by atoms with Crippen molar-refractivity contribution in [2.75, 3.05) is 7.05 Å². The summed E-state index contributed by atoms with van der Waals surface area (Å²) in [7, 11) is 1.81. The third-order valence-corrected chi connectivity index (χ3v) is 5.00. The maximum Gasteiger partial charge on any atom is 0.391 e. The van der Waals surface area contributed by atoms with E-state index in [1.807, 2.05) is 11.6 Å². The van der Waals surface area contributed by atoms with Crippen molar-refractivity contribution in [1.82, 2.24) is 15.1 Å². The lowest BCUT2D eigenvalue weighted by molar-refractivity contribution is -0.186. The minimum absolute atomic E-state index is 0.0197. The van der Waals surface area contributed by atoms with E-state index in [1.54, 1.807) is 13.2 Å². The Balaban J connectivity index is 2.23. The van der Waals surface area contributed by atoms with Gasteiger partial charge in [0.2, 0.25) is 0 Å². The molecule has 0 aliphatic heterocycles. The van der Waals surface area contributed by atoms with Gasteiger partial charge in [-0.25, -0.2) is 0 Å². The number of hydrogen-bond acceptors (Lipinski definition) is 2. The lowest BCUT2D eigenvalue weighted by Crippen LogP contribution is -2.35. The highest BCUT2D eigenvalue weighted by molar-refractivity contribution is 9.10. The Bertz CT molecular complexity index is 473. The number of halogens is 4. The molecule has 120 valence electrons. The van der Waals surface area contributed by atoms with Crippen molar-refractivity contribution < 1.29 is 13.2 Å². The van der Waals surface area contributed by atoms with Crippen LogP contribution in [0.1, 0.15) is 44.3 Å².